The number of rotatable bonds is 9. The fraction of sp³-hybridized carbons (Fsp3) is 0.208. The Labute approximate surface area is 185 Å². The summed E-state index contributed by atoms with van der Waals surface area (Å²) in [5.41, 5.74) is 2.28. The second kappa shape index (κ2) is 10.4. The number of pyridine rings is 1. The molecule has 0 saturated carbocycles. The summed E-state index contributed by atoms with van der Waals surface area (Å²) in [6, 6.07) is 14.1. The minimum Gasteiger partial charge on any atom is -0.486 e. The number of nitrogens with zero attached hydrogens (tertiary/aromatic N) is 1. The number of benzene rings is 2. The molecule has 7 heteroatoms. The SMILES string of the molecule is C=Cc1cc(OCc2ccccc2)c(F)c(C)c1C(O)c1ccc(OCOC)c(Cl)n1. The van der Waals surface area contributed by atoms with E-state index >= 15 is 4.39 Å². The van der Waals surface area contributed by atoms with Gasteiger partial charge in [-0.15, -0.1) is 0 Å². The maximum atomic E-state index is 15.1. The standard InChI is InChI=1S/C24H23ClFNO4/c1-4-17-12-20(30-13-16-8-6-5-7-9-16)22(26)15(2)21(17)23(28)18-10-11-19(24(25)27-18)31-14-29-3/h4-12,23,28H,1,13-14H2,2-3H3. The number of aliphatic hydroxyl groups is 1. The molecule has 3 aromatic rings. The summed E-state index contributed by atoms with van der Waals surface area (Å²) in [7, 11) is 1.49. The van der Waals surface area contributed by atoms with Crippen LogP contribution in [0.25, 0.3) is 6.08 Å². The first kappa shape index (κ1) is 22.7. The molecule has 0 saturated heterocycles. The molecular formula is C24H23ClFNO4. The van der Waals surface area contributed by atoms with Gasteiger partial charge in [-0.05, 0) is 47.4 Å². The van der Waals surface area contributed by atoms with Gasteiger partial charge in [-0.1, -0.05) is 54.6 Å². The van der Waals surface area contributed by atoms with Gasteiger partial charge < -0.3 is 19.3 Å². The molecule has 0 amide bonds. The fourth-order valence-corrected chi connectivity index (χ4v) is 3.35. The normalized spacial score (nSPS) is 11.8. The third-order valence-electron chi connectivity index (χ3n) is 4.73. The van der Waals surface area contributed by atoms with Crippen LogP contribution in [0.5, 0.6) is 11.5 Å². The van der Waals surface area contributed by atoms with Crippen molar-refractivity contribution in [2.75, 3.05) is 13.9 Å². The molecule has 0 aliphatic carbocycles. The monoisotopic (exact) mass is 443 g/mol. The maximum absolute atomic E-state index is 15.1. The van der Waals surface area contributed by atoms with Gasteiger partial charge in [0.2, 0.25) is 0 Å². The molecule has 1 aromatic heterocycles. The van der Waals surface area contributed by atoms with Crippen molar-refractivity contribution < 1.29 is 23.7 Å². The van der Waals surface area contributed by atoms with Gasteiger partial charge in [0.05, 0.1) is 5.69 Å². The molecule has 1 unspecified atom stereocenters. The lowest BCUT2D eigenvalue weighted by atomic mass is 9.94. The third-order valence-corrected chi connectivity index (χ3v) is 5.00. The molecule has 0 fully saturated rings. The summed E-state index contributed by atoms with van der Waals surface area (Å²) in [5.74, 6) is -0.154. The zero-order chi connectivity index (χ0) is 22.4. The summed E-state index contributed by atoms with van der Waals surface area (Å²) < 4.78 is 30.9. The Kier molecular flexibility index (Phi) is 7.63. The highest BCUT2D eigenvalue weighted by Crippen LogP contribution is 2.35. The predicted molar refractivity (Wildman–Crippen MR) is 118 cm³/mol. The average Bonchev–Trinajstić information content (AvgIpc) is 2.79. The Morgan fingerprint density at radius 3 is 2.55 bits per heavy atom. The van der Waals surface area contributed by atoms with Crippen LogP contribution in [0.2, 0.25) is 5.15 Å². The second-order valence-corrected chi connectivity index (χ2v) is 7.13. The number of aliphatic hydroxyl groups excluding tert-OH is 1. The van der Waals surface area contributed by atoms with Crippen LogP contribution in [0.3, 0.4) is 0 Å². The molecule has 0 radical (unpaired) electrons. The molecule has 0 aliphatic heterocycles. The van der Waals surface area contributed by atoms with E-state index < -0.39 is 11.9 Å². The number of hydrogen-bond donors (Lipinski definition) is 1. The first-order chi connectivity index (χ1) is 15.0. The molecule has 0 aliphatic rings. The van der Waals surface area contributed by atoms with E-state index in [-0.39, 0.29) is 35.6 Å². The maximum Gasteiger partial charge on any atom is 0.188 e. The van der Waals surface area contributed by atoms with Crippen LogP contribution in [0.4, 0.5) is 4.39 Å². The van der Waals surface area contributed by atoms with Gasteiger partial charge in [-0.25, -0.2) is 9.37 Å². The molecule has 0 bridgehead atoms. The summed E-state index contributed by atoms with van der Waals surface area (Å²) >= 11 is 6.15. The minimum atomic E-state index is -1.22. The topological polar surface area (TPSA) is 60.8 Å². The predicted octanol–water partition coefficient (Wildman–Crippen LogP) is 5.47. The third kappa shape index (κ3) is 5.22. The van der Waals surface area contributed by atoms with Gasteiger partial charge in [-0.3, -0.25) is 0 Å². The van der Waals surface area contributed by atoms with Crippen molar-refractivity contribution in [2.24, 2.45) is 0 Å². The summed E-state index contributed by atoms with van der Waals surface area (Å²) in [5, 5.41) is 11.0. The van der Waals surface area contributed by atoms with Crippen LogP contribution in [0.1, 0.15) is 34.1 Å². The number of hydrogen-bond acceptors (Lipinski definition) is 5. The van der Waals surface area contributed by atoms with E-state index in [1.807, 2.05) is 30.3 Å². The van der Waals surface area contributed by atoms with Crippen molar-refractivity contribution in [3.63, 3.8) is 0 Å². The first-order valence-corrected chi connectivity index (χ1v) is 9.92. The van der Waals surface area contributed by atoms with Crippen LogP contribution >= 0.6 is 11.6 Å². The van der Waals surface area contributed by atoms with Crippen molar-refractivity contribution in [3.8, 4) is 11.5 Å². The Morgan fingerprint density at radius 1 is 1.16 bits per heavy atom. The van der Waals surface area contributed by atoms with Crippen molar-refractivity contribution in [2.45, 2.75) is 19.6 Å². The highest BCUT2D eigenvalue weighted by molar-refractivity contribution is 6.30. The minimum absolute atomic E-state index is 0.0126. The number of ether oxygens (including phenoxy) is 3. The average molecular weight is 444 g/mol. The molecular weight excluding hydrogens is 421 g/mol. The highest BCUT2D eigenvalue weighted by atomic mass is 35.5. The Balaban J connectivity index is 1.91. The molecule has 0 spiro atoms. The lowest BCUT2D eigenvalue weighted by Crippen LogP contribution is -2.10. The molecule has 1 atom stereocenters. The molecule has 162 valence electrons. The van der Waals surface area contributed by atoms with Gasteiger partial charge in [0, 0.05) is 7.11 Å². The van der Waals surface area contributed by atoms with Crippen molar-refractivity contribution in [3.05, 3.63) is 94.0 Å². The second-order valence-electron chi connectivity index (χ2n) is 6.77. The van der Waals surface area contributed by atoms with Gasteiger partial charge in [-0.2, -0.15) is 0 Å². The quantitative estimate of drug-likeness (QED) is 0.351. The van der Waals surface area contributed by atoms with Crippen LogP contribution in [-0.4, -0.2) is 24.0 Å². The van der Waals surface area contributed by atoms with Crippen LogP contribution in [0, 0.1) is 12.7 Å². The molecule has 3 rings (SSSR count). The molecule has 31 heavy (non-hydrogen) atoms. The van der Waals surface area contributed by atoms with Crippen molar-refractivity contribution in [1.82, 2.24) is 4.98 Å². The van der Waals surface area contributed by atoms with Crippen LogP contribution < -0.4 is 9.47 Å². The van der Waals surface area contributed by atoms with Gasteiger partial charge >= 0.3 is 0 Å². The number of halogens is 2. The van der Waals surface area contributed by atoms with E-state index in [1.54, 1.807) is 19.1 Å². The van der Waals surface area contributed by atoms with E-state index in [0.717, 1.165) is 5.56 Å². The van der Waals surface area contributed by atoms with Gasteiger partial charge in [0.15, 0.2) is 29.3 Å². The molecule has 2 aromatic carbocycles. The van der Waals surface area contributed by atoms with E-state index in [9.17, 15) is 5.11 Å². The number of methoxy groups -OCH3 is 1. The van der Waals surface area contributed by atoms with Gasteiger partial charge in [0.25, 0.3) is 0 Å². The summed E-state index contributed by atoms with van der Waals surface area (Å²) in [6.45, 7) is 5.60. The Hall–Kier alpha value is -2.93. The zero-order valence-electron chi connectivity index (χ0n) is 17.3. The zero-order valence-corrected chi connectivity index (χ0v) is 18.0. The summed E-state index contributed by atoms with van der Waals surface area (Å²) in [6.07, 6.45) is 0.317. The molecule has 5 nitrogen and oxygen atoms in total. The molecule has 1 heterocycles. The Morgan fingerprint density at radius 2 is 1.90 bits per heavy atom. The van der Waals surface area contributed by atoms with E-state index in [4.69, 9.17) is 25.8 Å². The van der Waals surface area contributed by atoms with E-state index in [0.29, 0.717) is 16.9 Å². The van der Waals surface area contributed by atoms with Crippen LogP contribution in [-0.2, 0) is 11.3 Å². The summed E-state index contributed by atoms with van der Waals surface area (Å²) in [4.78, 5) is 4.19. The fourth-order valence-electron chi connectivity index (χ4n) is 3.14. The van der Waals surface area contributed by atoms with E-state index in [2.05, 4.69) is 11.6 Å². The smallest absolute Gasteiger partial charge is 0.188 e. The van der Waals surface area contributed by atoms with Crippen molar-refractivity contribution >= 4 is 17.7 Å². The Bertz CT molecular complexity index is 1060. The molecule has 1 N–H and O–H groups in total. The largest absolute Gasteiger partial charge is 0.486 e. The lowest BCUT2D eigenvalue weighted by Gasteiger charge is -2.20. The highest BCUT2D eigenvalue weighted by Gasteiger charge is 2.23. The lowest BCUT2D eigenvalue weighted by molar-refractivity contribution is 0.0508. The van der Waals surface area contributed by atoms with Crippen molar-refractivity contribution in [1.29, 1.82) is 0 Å². The van der Waals surface area contributed by atoms with Crippen LogP contribution in [0.15, 0.2) is 55.1 Å². The number of aromatic nitrogens is 1. The first-order valence-electron chi connectivity index (χ1n) is 9.54. The van der Waals surface area contributed by atoms with E-state index in [1.165, 1.54) is 19.3 Å². The van der Waals surface area contributed by atoms with Gasteiger partial charge in [0.1, 0.15) is 12.7 Å².